The van der Waals surface area contributed by atoms with Crippen LogP contribution >= 0.6 is 11.6 Å². The molecule has 0 fully saturated rings. The molecule has 3 amide bonds. The Morgan fingerprint density at radius 1 is 1.03 bits per heavy atom. The number of hydrogen-bond acceptors (Lipinski definition) is 4. The van der Waals surface area contributed by atoms with E-state index in [0.717, 1.165) is 28.1 Å². The van der Waals surface area contributed by atoms with Crippen molar-refractivity contribution in [2.75, 3.05) is 12.4 Å². The molecule has 0 unspecified atom stereocenters. The maximum Gasteiger partial charge on any atom is 0.327 e. The summed E-state index contributed by atoms with van der Waals surface area (Å²) >= 11 is 5.99. The molecule has 0 aliphatic carbocycles. The number of rotatable bonds is 4. The zero-order valence-corrected chi connectivity index (χ0v) is 17.0. The van der Waals surface area contributed by atoms with Gasteiger partial charge in [-0.3, -0.25) is 15.4 Å². The Morgan fingerprint density at radius 2 is 1.72 bits per heavy atom. The molecule has 0 spiro atoms. The molecule has 1 heterocycles. The molecule has 3 rings (SSSR count). The predicted octanol–water partition coefficient (Wildman–Crippen LogP) is 4.99. The molecule has 148 valence electrons. The van der Waals surface area contributed by atoms with Gasteiger partial charge in [-0.05, 0) is 55.3 Å². The SMILES string of the molecule is COc1ccc(-c2c(C)cc(NC(=O)NC(=O)c3ccccc3Cl)nc2C)cc1. The molecule has 0 bridgehead atoms. The zero-order chi connectivity index (χ0) is 21.0. The topological polar surface area (TPSA) is 80.3 Å². The van der Waals surface area contributed by atoms with Crippen LogP contribution in [-0.2, 0) is 0 Å². The van der Waals surface area contributed by atoms with Crippen LogP contribution in [0.25, 0.3) is 11.1 Å². The summed E-state index contributed by atoms with van der Waals surface area (Å²) < 4.78 is 5.19. The van der Waals surface area contributed by atoms with Gasteiger partial charge in [0.2, 0.25) is 0 Å². The zero-order valence-electron chi connectivity index (χ0n) is 16.2. The number of carbonyl (C=O) groups is 2. The van der Waals surface area contributed by atoms with Crippen LogP contribution in [0.3, 0.4) is 0 Å². The van der Waals surface area contributed by atoms with Crippen molar-refractivity contribution in [2.24, 2.45) is 0 Å². The fraction of sp³-hybridized carbons (Fsp3) is 0.136. The quantitative estimate of drug-likeness (QED) is 0.636. The molecular formula is C22H20ClN3O3. The Labute approximate surface area is 173 Å². The minimum Gasteiger partial charge on any atom is -0.497 e. The van der Waals surface area contributed by atoms with E-state index < -0.39 is 11.9 Å². The summed E-state index contributed by atoms with van der Waals surface area (Å²) in [7, 11) is 1.62. The lowest BCUT2D eigenvalue weighted by molar-refractivity contribution is 0.0967. The Balaban J connectivity index is 1.75. The monoisotopic (exact) mass is 409 g/mol. The Bertz CT molecular complexity index is 1040. The Morgan fingerprint density at radius 3 is 2.34 bits per heavy atom. The molecule has 0 atom stereocenters. The minimum atomic E-state index is -0.682. The summed E-state index contributed by atoms with van der Waals surface area (Å²) in [5, 5.41) is 5.12. The fourth-order valence-electron chi connectivity index (χ4n) is 3.05. The van der Waals surface area contributed by atoms with Crippen LogP contribution in [-0.4, -0.2) is 24.0 Å². The summed E-state index contributed by atoms with van der Waals surface area (Å²) in [6.45, 7) is 3.80. The van der Waals surface area contributed by atoms with Gasteiger partial charge < -0.3 is 4.74 Å². The highest BCUT2D eigenvalue weighted by atomic mass is 35.5. The van der Waals surface area contributed by atoms with Crippen LogP contribution in [0.5, 0.6) is 5.75 Å². The first-order valence-electron chi connectivity index (χ1n) is 8.88. The molecule has 2 N–H and O–H groups in total. The van der Waals surface area contributed by atoms with Crippen molar-refractivity contribution in [3.05, 3.63) is 76.4 Å². The third-order valence-corrected chi connectivity index (χ3v) is 4.69. The maximum atomic E-state index is 12.2. The third-order valence-electron chi connectivity index (χ3n) is 4.36. The van der Waals surface area contributed by atoms with Crippen LogP contribution in [0.4, 0.5) is 10.6 Å². The molecule has 1 aromatic heterocycles. The van der Waals surface area contributed by atoms with E-state index in [9.17, 15) is 9.59 Å². The van der Waals surface area contributed by atoms with E-state index in [4.69, 9.17) is 16.3 Å². The van der Waals surface area contributed by atoms with Gasteiger partial charge in [0.15, 0.2) is 0 Å². The second-order valence-electron chi connectivity index (χ2n) is 6.40. The highest BCUT2D eigenvalue weighted by Crippen LogP contribution is 2.29. The van der Waals surface area contributed by atoms with Crippen LogP contribution in [0.15, 0.2) is 54.6 Å². The first kappa shape index (κ1) is 20.4. The second kappa shape index (κ2) is 8.75. The summed E-state index contributed by atoms with van der Waals surface area (Å²) in [4.78, 5) is 28.9. The van der Waals surface area contributed by atoms with E-state index in [1.807, 2.05) is 38.1 Å². The average Bonchev–Trinajstić information content (AvgIpc) is 2.68. The van der Waals surface area contributed by atoms with Gasteiger partial charge in [0, 0.05) is 11.3 Å². The number of halogens is 1. The number of carbonyl (C=O) groups excluding carboxylic acids is 2. The lowest BCUT2D eigenvalue weighted by atomic mass is 9.99. The van der Waals surface area contributed by atoms with E-state index in [1.54, 1.807) is 37.4 Å². The van der Waals surface area contributed by atoms with Gasteiger partial charge in [-0.2, -0.15) is 0 Å². The lowest BCUT2D eigenvalue weighted by Crippen LogP contribution is -2.34. The largest absolute Gasteiger partial charge is 0.497 e. The van der Waals surface area contributed by atoms with Crippen molar-refractivity contribution in [2.45, 2.75) is 13.8 Å². The normalized spacial score (nSPS) is 10.3. The summed E-state index contributed by atoms with van der Waals surface area (Å²) in [5.41, 5.74) is 3.89. The van der Waals surface area contributed by atoms with E-state index >= 15 is 0 Å². The van der Waals surface area contributed by atoms with Crippen molar-refractivity contribution in [3.63, 3.8) is 0 Å². The van der Waals surface area contributed by atoms with Crippen LogP contribution in [0.2, 0.25) is 5.02 Å². The number of pyridine rings is 1. The number of urea groups is 1. The molecule has 3 aromatic rings. The standard InChI is InChI=1S/C22H20ClN3O3/c1-13-12-19(24-14(2)20(13)15-8-10-16(29-3)11-9-15)25-22(28)26-21(27)17-6-4-5-7-18(17)23/h4-12H,1-3H3,(H2,24,25,26,27,28). The van der Waals surface area contributed by atoms with Crippen molar-refractivity contribution < 1.29 is 14.3 Å². The first-order valence-corrected chi connectivity index (χ1v) is 9.26. The number of amides is 3. The van der Waals surface area contributed by atoms with Gasteiger partial charge in [-0.15, -0.1) is 0 Å². The predicted molar refractivity (Wildman–Crippen MR) is 114 cm³/mol. The van der Waals surface area contributed by atoms with Crippen molar-refractivity contribution in [3.8, 4) is 16.9 Å². The van der Waals surface area contributed by atoms with E-state index in [2.05, 4.69) is 15.6 Å². The number of anilines is 1. The highest BCUT2D eigenvalue weighted by molar-refractivity contribution is 6.34. The number of nitrogens with zero attached hydrogens (tertiary/aromatic N) is 1. The van der Waals surface area contributed by atoms with Gasteiger partial charge in [0.1, 0.15) is 11.6 Å². The number of methoxy groups -OCH3 is 1. The molecule has 0 aliphatic rings. The molecule has 0 saturated heterocycles. The van der Waals surface area contributed by atoms with Gasteiger partial charge in [0.05, 0.1) is 17.7 Å². The molecule has 7 heteroatoms. The number of aromatic nitrogens is 1. The molecule has 2 aromatic carbocycles. The molecule has 6 nitrogen and oxygen atoms in total. The van der Waals surface area contributed by atoms with E-state index in [1.165, 1.54) is 0 Å². The number of nitrogens with one attached hydrogen (secondary N) is 2. The Hall–Kier alpha value is -3.38. The lowest BCUT2D eigenvalue weighted by Gasteiger charge is -2.13. The number of ether oxygens (including phenoxy) is 1. The number of imide groups is 1. The second-order valence-corrected chi connectivity index (χ2v) is 6.81. The fourth-order valence-corrected chi connectivity index (χ4v) is 3.27. The van der Waals surface area contributed by atoms with Crippen LogP contribution in [0, 0.1) is 13.8 Å². The molecule has 0 saturated carbocycles. The van der Waals surface area contributed by atoms with Crippen molar-refractivity contribution >= 4 is 29.4 Å². The van der Waals surface area contributed by atoms with Gasteiger partial charge in [0.25, 0.3) is 5.91 Å². The molecular weight excluding hydrogens is 390 g/mol. The number of hydrogen-bond donors (Lipinski definition) is 2. The molecule has 0 radical (unpaired) electrons. The Kier molecular flexibility index (Phi) is 6.14. The summed E-state index contributed by atoms with van der Waals surface area (Å²) in [6, 6.07) is 15.3. The minimum absolute atomic E-state index is 0.222. The summed E-state index contributed by atoms with van der Waals surface area (Å²) in [6.07, 6.45) is 0. The van der Waals surface area contributed by atoms with E-state index in [0.29, 0.717) is 5.82 Å². The smallest absolute Gasteiger partial charge is 0.327 e. The van der Waals surface area contributed by atoms with Crippen molar-refractivity contribution in [1.82, 2.24) is 10.3 Å². The van der Waals surface area contributed by atoms with Crippen molar-refractivity contribution in [1.29, 1.82) is 0 Å². The van der Waals surface area contributed by atoms with Crippen LogP contribution < -0.4 is 15.4 Å². The van der Waals surface area contributed by atoms with E-state index in [-0.39, 0.29) is 10.6 Å². The van der Waals surface area contributed by atoms with Crippen LogP contribution in [0.1, 0.15) is 21.6 Å². The molecule has 0 aliphatic heterocycles. The van der Waals surface area contributed by atoms with Gasteiger partial charge >= 0.3 is 6.03 Å². The molecule has 29 heavy (non-hydrogen) atoms. The third kappa shape index (κ3) is 4.73. The van der Waals surface area contributed by atoms with Gasteiger partial charge in [-0.25, -0.2) is 9.78 Å². The number of aryl methyl sites for hydroxylation is 2. The maximum absolute atomic E-state index is 12.2. The first-order chi connectivity index (χ1) is 13.9. The average molecular weight is 410 g/mol. The highest BCUT2D eigenvalue weighted by Gasteiger charge is 2.15. The van der Waals surface area contributed by atoms with Gasteiger partial charge in [-0.1, -0.05) is 35.9 Å². The number of benzene rings is 2. The summed E-state index contributed by atoms with van der Waals surface area (Å²) in [5.74, 6) is 0.535.